The SMILES string of the molecule is Cc1ccc(C(OC(c2ccc(C)cc2)C2CCC(C3CCC(C)CC3)CC2)C2CCC(C3CCC(C)CC3)CC2)cc1. The summed E-state index contributed by atoms with van der Waals surface area (Å²) in [4.78, 5) is 0. The Labute approximate surface area is 265 Å². The molecular formula is C42H62O. The van der Waals surface area contributed by atoms with Gasteiger partial charge in [-0.15, -0.1) is 0 Å². The summed E-state index contributed by atoms with van der Waals surface area (Å²) in [6.45, 7) is 9.36. The molecule has 43 heavy (non-hydrogen) atoms. The van der Waals surface area contributed by atoms with Crippen LogP contribution >= 0.6 is 0 Å². The summed E-state index contributed by atoms with van der Waals surface area (Å²) in [5.41, 5.74) is 5.54. The second-order valence-electron chi connectivity index (χ2n) is 16.2. The van der Waals surface area contributed by atoms with E-state index >= 15 is 0 Å². The Hall–Kier alpha value is -1.60. The maximum atomic E-state index is 7.57. The lowest BCUT2D eigenvalue weighted by Crippen LogP contribution is -2.31. The summed E-state index contributed by atoms with van der Waals surface area (Å²) in [5, 5.41) is 0. The standard InChI is InChI=1S/C42H62O/c1-29-5-13-33(14-6-29)35-21-25-39(26-22-35)41(37-17-9-31(3)10-18-37)43-42(38-19-11-32(4)12-20-38)40-27-23-36(24-28-40)34-15-7-30(2)8-16-34/h9-12,17-20,29-30,33-36,39-42H,5-8,13-16,21-28H2,1-4H3. The molecule has 2 aromatic carbocycles. The van der Waals surface area contributed by atoms with Crippen molar-refractivity contribution in [2.45, 2.75) is 143 Å². The monoisotopic (exact) mass is 582 g/mol. The lowest BCUT2D eigenvalue weighted by atomic mass is 9.67. The molecule has 4 aliphatic carbocycles. The van der Waals surface area contributed by atoms with E-state index in [4.69, 9.17) is 4.74 Å². The predicted molar refractivity (Wildman–Crippen MR) is 182 cm³/mol. The molecule has 2 aromatic rings. The number of ether oxygens (including phenoxy) is 1. The van der Waals surface area contributed by atoms with Gasteiger partial charge in [0, 0.05) is 0 Å². The Kier molecular flexibility index (Phi) is 10.7. The van der Waals surface area contributed by atoms with Crippen LogP contribution in [-0.2, 0) is 4.74 Å². The van der Waals surface area contributed by atoms with Gasteiger partial charge in [0.15, 0.2) is 0 Å². The van der Waals surface area contributed by atoms with Gasteiger partial charge in [-0.25, -0.2) is 0 Å². The Balaban J connectivity index is 1.18. The highest BCUT2D eigenvalue weighted by Crippen LogP contribution is 2.50. The van der Waals surface area contributed by atoms with E-state index < -0.39 is 0 Å². The Morgan fingerprint density at radius 2 is 0.698 bits per heavy atom. The van der Waals surface area contributed by atoms with Gasteiger partial charge in [-0.1, -0.05) is 99.2 Å². The van der Waals surface area contributed by atoms with Crippen molar-refractivity contribution in [2.24, 2.45) is 47.3 Å². The summed E-state index contributed by atoms with van der Waals surface area (Å²) in [5.74, 6) is 7.04. The van der Waals surface area contributed by atoms with Crippen molar-refractivity contribution in [1.82, 2.24) is 0 Å². The highest BCUT2D eigenvalue weighted by Gasteiger charge is 2.38. The van der Waals surface area contributed by atoms with Crippen LogP contribution in [0, 0.1) is 61.2 Å². The third-order valence-corrected chi connectivity index (χ3v) is 13.0. The zero-order valence-corrected chi connectivity index (χ0v) is 28.1. The molecule has 1 heteroatoms. The van der Waals surface area contributed by atoms with Gasteiger partial charge < -0.3 is 4.74 Å². The van der Waals surface area contributed by atoms with E-state index in [0.717, 1.165) is 35.5 Å². The predicted octanol–water partition coefficient (Wildman–Crippen LogP) is 12.4. The average molecular weight is 583 g/mol. The smallest absolute Gasteiger partial charge is 0.0861 e. The van der Waals surface area contributed by atoms with Crippen molar-refractivity contribution >= 4 is 0 Å². The first-order valence-electron chi connectivity index (χ1n) is 18.7. The van der Waals surface area contributed by atoms with E-state index in [-0.39, 0.29) is 12.2 Å². The fourth-order valence-electron chi connectivity index (χ4n) is 9.95. The van der Waals surface area contributed by atoms with Crippen LogP contribution in [0.25, 0.3) is 0 Å². The van der Waals surface area contributed by atoms with E-state index in [1.54, 1.807) is 0 Å². The molecule has 6 rings (SSSR count). The van der Waals surface area contributed by atoms with Crippen molar-refractivity contribution in [3.63, 3.8) is 0 Å². The largest absolute Gasteiger partial charge is 0.365 e. The quantitative estimate of drug-likeness (QED) is 0.301. The van der Waals surface area contributed by atoms with Gasteiger partial charge in [0.05, 0.1) is 12.2 Å². The summed E-state index contributed by atoms with van der Waals surface area (Å²) >= 11 is 0. The topological polar surface area (TPSA) is 9.23 Å². The third kappa shape index (κ3) is 7.98. The zero-order chi connectivity index (χ0) is 29.8. The minimum Gasteiger partial charge on any atom is -0.365 e. The molecular weight excluding hydrogens is 520 g/mol. The summed E-state index contributed by atoms with van der Waals surface area (Å²) in [6.07, 6.45) is 23.2. The minimum absolute atomic E-state index is 0.205. The van der Waals surface area contributed by atoms with Gasteiger partial charge in [0.2, 0.25) is 0 Å². The Morgan fingerprint density at radius 1 is 0.419 bits per heavy atom. The van der Waals surface area contributed by atoms with Crippen LogP contribution in [0.2, 0.25) is 0 Å². The van der Waals surface area contributed by atoms with Crippen molar-refractivity contribution in [1.29, 1.82) is 0 Å². The van der Waals surface area contributed by atoms with Crippen molar-refractivity contribution < 1.29 is 4.74 Å². The van der Waals surface area contributed by atoms with Crippen molar-refractivity contribution in [2.75, 3.05) is 0 Å². The Morgan fingerprint density at radius 3 is 1.00 bits per heavy atom. The second-order valence-corrected chi connectivity index (χ2v) is 16.2. The van der Waals surface area contributed by atoms with Crippen LogP contribution in [-0.4, -0.2) is 0 Å². The number of benzene rings is 2. The zero-order valence-electron chi connectivity index (χ0n) is 28.1. The first kappa shape index (κ1) is 31.4. The molecule has 0 radical (unpaired) electrons. The molecule has 4 aliphatic rings. The number of aryl methyl sites for hydroxylation is 2. The Bertz CT molecular complexity index is 995. The molecule has 0 N–H and O–H groups in total. The second kappa shape index (κ2) is 14.7. The molecule has 0 saturated heterocycles. The number of hydrogen-bond acceptors (Lipinski definition) is 1. The molecule has 2 unspecified atom stereocenters. The first-order valence-corrected chi connectivity index (χ1v) is 18.7. The van der Waals surface area contributed by atoms with E-state index in [1.165, 1.54) is 125 Å². The molecule has 1 nitrogen and oxygen atoms in total. The van der Waals surface area contributed by atoms with Gasteiger partial charge in [-0.2, -0.15) is 0 Å². The van der Waals surface area contributed by atoms with Crippen LogP contribution in [0.5, 0.6) is 0 Å². The third-order valence-electron chi connectivity index (χ3n) is 13.0. The minimum atomic E-state index is 0.205. The van der Waals surface area contributed by atoms with E-state index in [1.807, 2.05) is 0 Å². The molecule has 0 heterocycles. The lowest BCUT2D eigenvalue weighted by Gasteiger charge is -2.43. The lowest BCUT2D eigenvalue weighted by molar-refractivity contribution is -0.0934. The fourth-order valence-corrected chi connectivity index (χ4v) is 9.95. The van der Waals surface area contributed by atoms with Gasteiger partial charge in [0.25, 0.3) is 0 Å². The van der Waals surface area contributed by atoms with Crippen LogP contribution in [0.4, 0.5) is 0 Å². The van der Waals surface area contributed by atoms with Crippen LogP contribution in [0.1, 0.15) is 151 Å². The normalized spacial score (nSPS) is 35.3. The van der Waals surface area contributed by atoms with Gasteiger partial charge in [0.1, 0.15) is 0 Å². The first-order chi connectivity index (χ1) is 20.9. The maximum Gasteiger partial charge on any atom is 0.0861 e. The highest BCUT2D eigenvalue weighted by molar-refractivity contribution is 5.26. The number of rotatable bonds is 8. The number of hydrogen-bond donors (Lipinski definition) is 0. The van der Waals surface area contributed by atoms with E-state index in [2.05, 4.69) is 76.2 Å². The molecule has 4 saturated carbocycles. The summed E-state index contributed by atoms with van der Waals surface area (Å²) in [6, 6.07) is 18.8. The molecule has 0 aliphatic heterocycles. The fraction of sp³-hybridized carbons (Fsp3) is 0.714. The summed E-state index contributed by atoms with van der Waals surface area (Å²) < 4.78 is 7.57. The van der Waals surface area contributed by atoms with Crippen molar-refractivity contribution in [3.05, 3.63) is 70.8 Å². The summed E-state index contributed by atoms with van der Waals surface area (Å²) in [7, 11) is 0. The molecule has 0 amide bonds. The van der Waals surface area contributed by atoms with E-state index in [0.29, 0.717) is 11.8 Å². The van der Waals surface area contributed by atoms with Crippen molar-refractivity contribution in [3.8, 4) is 0 Å². The molecule has 0 spiro atoms. The molecule has 2 atom stereocenters. The average Bonchev–Trinajstić information content (AvgIpc) is 3.04. The maximum absolute atomic E-state index is 7.57. The molecule has 0 aromatic heterocycles. The van der Waals surface area contributed by atoms with Gasteiger partial charge in [-0.05, 0) is 149 Å². The van der Waals surface area contributed by atoms with Crippen LogP contribution < -0.4 is 0 Å². The van der Waals surface area contributed by atoms with E-state index in [9.17, 15) is 0 Å². The molecule has 236 valence electrons. The van der Waals surface area contributed by atoms with Crippen LogP contribution in [0.3, 0.4) is 0 Å². The van der Waals surface area contributed by atoms with Gasteiger partial charge >= 0.3 is 0 Å². The molecule has 4 fully saturated rings. The van der Waals surface area contributed by atoms with Gasteiger partial charge in [-0.3, -0.25) is 0 Å². The molecule has 0 bridgehead atoms. The highest BCUT2D eigenvalue weighted by atomic mass is 16.5. The van der Waals surface area contributed by atoms with Crippen LogP contribution in [0.15, 0.2) is 48.5 Å².